The Morgan fingerprint density at radius 1 is 0.551 bits per heavy atom. The first-order chi connectivity index (χ1) is 23.9. The van der Waals surface area contributed by atoms with Gasteiger partial charge in [0.15, 0.2) is 0 Å². The highest BCUT2D eigenvalue weighted by Gasteiger charge is 2.13. The smallest absolute Gasteiger partial charge is 0.407 e. The molecule has 0 spiro atoms. The number of amides is 1. The molecule has 0 aliphatic carbocycles. The summed E-state index contributed by atoms with van der Waals surface area (Å²) in [4.78, 5) is 12.1. The predicted molar refractivity (Wildman–Crippen MR) is 212 cm³/mol. The van der Waals surface area contributed by atoms with Gasteiger partial charge in [-0.15, -0.1) is 0 Å². The van der Waals surface area contributed by atoms with Crippen LogP contribution >= 0.6 is 0 Å². The maximum Gasteiger partial charge on any atom is 0.407 e. The van der Waals surface area contributed by atoms with Crippen LogP contribution in [0.4, 0.5) is 4.79 Å². The van der Waals surface area contributed by atoms with Crippen molar-refractivity contribution < 1.29 is 29.2 Å². The molecule has 1 atom stereocenters. The van der Waals surface area contributed by atoms with Crippen LogP contribution in [-0.2, 0) is 14.2 Å². The Labute approximate surface area is 306 Å². The third kappa shape index (κ3) is 51.6. The average Bonchev–Trinajstić information content (AvgIpc) is 3.09. The van der Waals surface area contributed by atoms with Crippen molar-refractivity contribution in [2.24, 2.45) is 11.8 Å². The molecule has 0 fully saturated rings. The number of unbranched alkanes of at least 4 members (excludes halogenated alkanes) is 22. The number of aliphatic hydroxyl groups excluding tert-OH is 2. The Balaban J connectivity index is -0.00000275. The molecule has 3 N–H and O–H groups in total. The minimum absolute atomic E-state index is 0.189. The highest BCUT2D eigenvalue weighted by Crippen LogP contribution is 2.13. The summed E-state index contributed by atoms with van der Waals surface area (Å²) < 4.78 is 17.5. The monoisotopic (exact) mass is 704 g/mol. The van der Waals surface area contributed by atoms with Crippen molar-refractivity contribution in [3.63, 3.8) is 0 Å². The molecule has 298 valence electrons. The van der Waals surface area contributed by atoms with Crippen LogP contribution in [0.3, 0.4) is 0 Å². The van der Waals surface area contributed by atoms with Crippen LogP contribution in [0.15, 0.2) is 0 Å². The van der Waals surface area contributed by atoms with E-state index in [4.69, 9.17) is 24.4 Å². The standard InChI is InChI=1S/C37H75NO4.C4H10O.CH4O/c1-5-7-9-11-13-15-17-19-21-23-25-27-31-40-33-36(34-42-37(39)38-30-29-35(3)4)41-32-28-26-24-22-20-18-16-14-12-10-8-6-2;1-4(2)3-5;1-2/h35-36H,5-34H2,1-4H3,(H,38,39);4-5H,3H2,1-2H3;2H,1H3. The van der Waals surface area contributed by atoms with Crippen molar-refractivity contribution in [1.29, 1.82) is 0 Å². The van der Waals surface area contributed by atoms with Crippen LogP contribution in [0.5, 0.6) is 0 Å². The van der Waals surface area contributed by atoms with Gasteiger partial charge >= 0.3 is 6.09 Å². The molecular weight excluding hydrogens is 614 g/mol. The lowest BCUT2D eigenvalue weighted by Gasteiger charge is -2.18. The maximum atomic E-state index is 12.1. The maximum absolute atomic E-state index is 12.1. The molecule has 0 heterocycles. The summed E-state index contributed by atoms with van der Waals surface area (Å²) >= 11 is 0. The summed E-state index contributed by atoms with van der Waals surface area (Å²) in [6.45, 7) is 16.0. The lowest BCUT2D eigenvalue weighted by molar-refractivity contribution is -0.0468. The largest absolute Gasteiger partial charge is 0.447 e. The van der Waals surface area contributed by atoms with Crippen LogP contribution in [-0.4, -0.2) is 69.1 Å². The fourth-order valence-corrected chi connectivity index (χ4v) is 5.28. The number of carbonyl (C=O) groups excluding carboxylic acids is 1. The van der Waals surface area contributed by atoms with E-state index in [9.17, 15) is 4.79 Å². The molecule has 49 heavy (non-hydrogen) atoms. The molecule has 0 aliphatic heterocycles. The van der Waals surface area contributed by atoms with Gasteiger partial charge in [-0.1, -0.05) is 183 Å². The number of ether oxygens (including phenoxy) is 3. The van der Waals surface area contributed by atoms with Gasteiger partial charge in [0.2, 0.25) is 0 Å². The number of rotatable bonds is 35. The summed E-state index contributed by atoms with van der Waals surface area (Å²) in [5.74, 6) is 1.00. The summed E-state index contributed by atoms with van der Waals surface area (Å²) in [6, 6.07) is 0. The van der Waals surface area contributed by atoms with Gasteiger partial charge in [-0.25, -0.2) is 4.79 Å². The van der Waals surface area contributed by atoms with Crippen molar-refractivity contribution >= 4 is 6.09 Å². The molecule has 0 saturated carbocycles. The van der Waals surface area contributed by atoms with Crippen molar-refractivity contribution in [2.45, 2.75) is 208 Å². The van der Waals surface area contributed by atoms with Gasteiger partial charge in [0.25, 0.3) is 0 Å². The summed E-state index contributed by atoms with van der Waals surface area (Å²) in [7, 11) is 1.00. The topological polar surface area (TPSA) is 97.2 Å². The molecule has 0 rings (SSSR count). The number of nitrogens with one attached hydrogen (secondary N) is 1. The zero-order valence-corrected chi connectivity index (χ0v) is 34.2. The van der Waals surface area contributed by atoms with E-state index in [1.54, 1.807) is 0 Å². The zero-order chi connectivity index (χ0) is 37.1. The third-order valence-electron chi connectivity index (χ3n) is 8.55. The lowest BCUT2D eigenvalue weighted by atomic mass is 10.1. The van der Waals surface area contributed by atoms with Gasteiger partial charge in [-0.2, -0.15) is 0 Å². The molecule has 1 unspecified atom stereocenters. The van der Waals surface area contributed by atoms with Gasteiger partial charge in [-0.05, 0) is 31.1 Å². The first kappa shape index (κ1) is 52.5. The molecular formula is C42H89NO6. The van der Waals surface area contributed by atoms with Crippen LogP contribution < -0.4 is 5.32 Å². The van der Waals surface area contributed by atoms with E-state index < -0.39 is 0 Å². The highest BCUT2D eigenvalue weighted by molar-refractivity contribution is 5.67. The highest BCUT2D eigenvalue weighted by atomic mass is 16.6. The second-order valence-corrected chi connectivity index (χ2v) is 14.6. The van der Waals surface area contributed by atoms with E-state index in [0.717, 1.165) is 33.0 Å². The van der Waals surface area contributed by atoms with Crippen molar-refractivity contribution in [3.05, 3.63) is 0 Å². The molecule has 7 nitrogen and oxygen atoms in total. The average molecular weight is 704 g/mol. The van der Waals surface area contributed by atoms with Crippen LogP contribution in [0, 0.1) is 11.8 Å². The normalized spacial score (nSPS) is 11.6. The van der Waals surface area contributed by atoms with Crippen LogP contribution in [0.25, 0.3) is 0 Å². The predicted octanol–water partition coefficient (Wildman–Crippen LogP) is 11.8. The Bertz CT molecular complexity index is 590. The summed E-state index contributed by atoms with van der Waals surface area (Å²) in [5, 5.41) is 18.0. The van der Waals surface area contributed by atoms with Crippen molar-refractivity contribution in [2.75, 3.05) is 46.7 Å². The number of hydrogen-bond donors (Lipinski definition) is 3. The number of aliphatic hydroxyl groups is 2. The van der Waals surface area contributed by atoms with E-state index >= 15 is 0 Å². The molecule has 7 heteroatoms. The summed E-state index contributed by atoms with van der Waals surface area (Å²) in [6.07, 6.45) is 32.6. The number of hydrogen-bond acceptors (Lipinski definition) is 6. The lowest BCUT2D eigenvalue weighted by Crippen LogP contribution is -2.32. The molecule has 0 radical (unpaired) electrons. The molecule has 1 amide bonds. The van der Waals surface area contributed by atoms with E-state index in [1.165, 1.54) is 141 Å². The minimum atomic E-state index is -0.351. The number of carbonyl (C=O) groups is 1. The van der Waals surface area contributed by atoms with Gasteiger partial charge < -0.3 is 29.7 Å². The van der Waals surface area contributed by atoms with Crippen molar-refractivity contribution in [1.82, 2.24) is 5.32 Å². The van der Waals surface area contributed by atoms with E-state index in [1.807, 2.05) is 13.8 Å². The first-order valence-electron chi connectivity index (χ1n) is 21.0. The van der Waals surface area contributed by atoms with Gasteiger partial charge in [-0.3, -0.25) is 0 Å². The quantitative estimate of drug-likeness (QED) is 0.0569. The SMILES string of the molecule is CC(C)CO.CCCCCCCCCCCCCCOCC(COC(=O)NCCC(C)C)OCCCCCCCCCCCCCC.CO. The van der Waals surface area contributed by atoms with Gasteiger partial charge in [0.1, 0.15) is 12.7 Å². The van der Waals surface area contributed by atoms with Crippen LogP contribution in [0.2, 0.25) is 0 Å². The van der Waals surface area contributed by atoms with E-state index in [0.29, 0.717) is 38.2 Å². The number of alkyl carbamates (subject to hydrolysis) is 1. The Morgan fingerprint density at radius 2 is 0.918 bits per heavy atom. The zero-order valence-electron chi connectivity index (χ0n) is 34.2. The molecule has 0 aromatic heterocycles. The molecule has 0 aromatic carbocycles. The fraction of sp³-hybridized carbons (Fsp3) is 0.976. The Morgan fingerprint density at radius 3 is 1.29 bits per heavy atom. The minimum Gasteiger partial charge on any atom is -0.447 e. The fourth-order valence-electron chi connectivity index (χ4n) is 5.28. The second kappa shape index (κ2) is 47.1. The molecule has 0 saturated heterocycles. The van der Waals surface area contributed by atoms with Crippen molar-refractivity contribution in [3.8, 4) is 0 Å². The molecule has 0 aliphatic rings. The summed E-state index contributed by atoms with van der Waals surface area (Å²) in [5.41, 5.74) is 0. The molecule has 0 aromatic rings. The third-order valence-corrected chi connectivity index (χ3v) is 8.55. The van der Waals surface area contributed by atoms with Gasteiger partial charge in [0.05, 0.1) is 6.61 Å². The Kier molecular flexibility index (Phi) is 50.4. The second-order valence-electron chi connectivity index (χ2n) is 14.6. The first-order valence-corrected chi connectivity index (χ1v) is 21.0. The Hall–Kier alpha value is -0.890. The van der Waals surface area contributed by atoms with E-state index in [-0.39, 0.29) is 18.8 Å². The van der Waals surface area contributed by atoms with Gasteiger partial charge in [0, 0.05) is 33.5 Å². The molecule has 0 bridgehead atoms. The van der Waals surface area contributed by atoms with Crippen LogP contribution in [0.1, 0.15) is 202 Å². The van der Waals surface area contributed by atoms with E-state index in [2.05, 4.69) is 33.0 Å².